The Balaban J connectivity index is 2.42. The van der Waals surface area contributed by atoms with Crippen LogP contribution in [0.2, 0.25) is 0 Å². The van der Waals surface area contributed by atoms with Crippen LogP contribution < -0.4 is 10.1 Å². The van der Waals surface area contributed by atoms with Gasteiger partial charge in [0.15, 0.2) is 16.7 Å². The molecule has 1 aromatic carbocycles. The van der Waals surface area contributed by atoms with Crippen molar-refractivity contribution in [2.24, 2.45) is 0 Å². The third-order valence-electron chi connectivity index (χ3n) is 1.69. The van der Waals surface area contributed by atoms with Gasteiger partial charge in [0.25, 0.3) is 0 Å². The van der Waals surface area contributed by atoms with Crippen molar-refractivity contribution in [1.82, 2.24) is 0 Å². The summed E-state index contributed by atoms with van der Waals surface area (Å²) in [7, 11) is 0. The third-order valence-corrected chi connectivity index (χ3v) is 2.27. The standard InChI is InChI=1S/C9H6BrNO2/c10-9-7(5-12)11-6-3-1-2-4-8(6)13-9/h1-5,11H. The summed E-state index contributed by atoms with van der Waals surface area (Å²) in [6, 6.07) is 7.41. The van der Waals surface area contributed by atoms with E-state index < -0.39 is 0 Å². The highest BCUT2D eigenvalue weighted by molar-refractivity contribution is 9.11. The molecule has 0 radical (unpaired) electrons. The van der Waals surface area contributed by atoms with Crippen LogP contribution >= 0.6 is 15.9 Å². The van der Waals surface area contributed by atoms with Crippen LogP contribution in [0, 0.1) is 0 Å². The maximum atomic E-state index is 10.5. The summed E-state index contributed by atoms with van der Waals surface area (Å²) in [5.74, 6) is 0.708. The Hall–Kier alpha value is -1.29. The molecule has 0 fully saturated rings. The second kappa shape index (κ2) is 3.22. The number of anilines is 1. The summed E-state index contributed by atoms with van der Waals surface area (Å²) in [4.78, 5) is 10.5. The largest absolute Gasteiger partial charge is 0.445 e. The number of hydrogen-bond acceptors (Lipinski definition) is 3. The smallest absolute Gasteiger partial charge is 0.196 e. The van der Waals surface area contributed by atoms with Crippen LogP contribution in [0.3, 0.4) is 0 Å². The molecular formula is C9H6BrNO2. The zero-order valence-electron chi connectivity index (χ0n) is 6.58. The van der Waals surface area contributed by atoms with Gasteiger partial charge in [-0.1, -0.05) is 12.1 Å². The summed E-state index contributed by atoms with van der Waals surface area (Å²) < 4.78 is 5.76. The number of carbonyl (C=O) groups excluding carboxylic acids is 1. The molecule has 1 aromatic rings. The van der Waals surface area contributed by atoms with Crippen LogP contribution in [-0.4, -0.2) is 6.29 Å². The van der Waals surface area contributed by atoms with Gasteiger partial charge in [-0.2, -0.15) is 0 Å². The predicted octanol–water partition coefficient (Wildman–Crippen LogP) is 2.25. The Labute approximate surface area is 83.5 Å². The molecule has 0 saturated heterocycles. The van der Waals surface area contributed by atoms with E-state index in [1.165, 1.54) is 0 Å². The maximum Gasteiger partial charge on any atom is 0.196 e. The first-order chi connectivity index (χ1) is 6.31. The van der Waals surface area contributed by atoms with Crippen molar-refractivity contribution in [3.63, 3.8) is 0 Å². The molecule has 13 heavy (non-hydrogen) atoms. The molecule has 4 heteroatoms. The fourth-order valence-corrected chi connectivity index (χ4v) is 1.45. The maximum absolute atomic E-state index is 10.5. The van der Waals surface area contributed by atoms with Crippen molar-refractivity contribution in [2.45, 2.75) is 0 Å². The Bertz CT molecular complexity index is 387. The second-order valence-electron chi connectivity index (χ2n) is 2.53. The van der Waals surface area contributed by atoms with Gasteiger partial charge in [0.1, 0.15) is 5.70 Å². The zero-order chi connectivity index (χ0) is 9.26. The molecule has 0 bridgehead atoms. The van der Waals surface area contributed by atoms with Crippen LogP contribution in [0.25, 0.3) is 0 Å². The number of rotatable bonds is 1. The lowest BCUT2D eigenvalue weighted by Gasteiger charge is -2.18. The number of aldehydes is 1. The Morgan fingerprint density at radius 3 is 2.92 bits per heavy atom. The first kappa shape index (κ1) is 8.31. The lowest BCUT2D eigenvalue weighted by Crippen LogP contribution is -2.11. The van der Waals surface area contributed by atoms with E-state index >= 15 is 0 Å². The van der Waals surface area contributed by atoms with Crippen LogP contribution in [0.15, 0.2) is 34.6 Å². The van der Waals surface area contributed by atoms with E-state index in [1.54, 1.807) is 0 Å². The van der Waals surface area contributed by atoms with Crippen molar-refractivity contribution in [2.75, 3.05) is 5.32 Å². The van der Waals surface area contributed by atoms with Crippen LogP contribution in [0.4, 0.5) is 5.69 Å². The number of para-hydroxylation sites is 2. The van der Waals surface area contributed by atoms with E-state index in [2.05, 4.69) is 21.2 Å². The number of allylic oxidation sites excluding steroid dienone is 1. The lowest BCUT2D eigenvalue weighted by atomic mass is 10.2. The average molecular weight is 240 g/mol. The van der Waals surface area contributed by atoms with E-state index in [0.29, 0.717) is 22.4 Å². The zero-order valence-corrected chi connectivity index (χ0v) is 8.17. The number of halogens is 1. The summed E-state index contributed by atoms with van der Waals surface area (Å²) in [6.45, 7) is 0. The van der Waals surface area contributed by atoms with Crippen LogP contribution in [-0.2, 0) is 4.79 Å². The number of benzene rings is 1. The Kier molecular flexibility index (Phi) is 2.06. The highest BCUT2D eigenvalue weighted by atomic mass is 79.9. The SMILES string of the molecule is O=CC1=C(Br)Oc2ccccc2N1. The van der Waals surface area contributed by atoms with Gasteiger partial charge < -0.3 is 10.1 Å². The number of fused-ring (bicyclic) bond motifs is 1. The Morgan fingerprint density at radius 1 is 1.38 bits per heavy atom. The van der Waals surface area contributed by atoms with E-state index in [-0.39, 0.29) is 0 Å². The summed E-state index contributed by atoms with van der Waals surface area (Å²) in [6.07, 6.45) is 0.708. The van der Waals surface area contributed by atoms with Gasteiger partial charge in [-0.05, 0) is 28.1 Å². The van der Waals surface area contributed by atoms with E-state index in [1.807, 2.05) is 24.3 Å². The molecule has 0 atom stereocenters. The van der Waals surface area contributed by atoms with Crippen molar-refractivity contribution in [3.05, 3.63) is 34.6 Å². The molecule has 2 rings (SSSR count). The molecule has 1 N–H and O–H groups in total. The topological polar surface area (TPSA) is 38.3 Å². The normalized spacial score (nSPS) is 14.2. The van der Waals surface area contributed by atoms with Gasteiger partial charge in [-0.25, -0.2) is 0 Å². The van der Waals surface area contributed by atoms with E-state index in [0.717, 1.165) is 5.69 Å². The molecule has 1 aliphatic heterocycles. The average Bonchev–Trinajstić information content (AvgIpc) is 2.17. The fourth-order valence-electron chi connectivity index (χ4n) is 1.08. The Morgan fingerprint density at radius 2 is 2.15 bits per heavy atom. The molecule has 0 aliphatic carbocycles. The minimum atomic E-state index is 0.402. The minimum Gasteiger partial charge on any atom is -0.445 e. The number of hydrogen-bond donors (Lipinski definition) is 1. The highest BCUT2D eigenvalue weighted by Crippen LogP contribution is 2.33. The molecule has 3 nitrogen and oxygen atoms in total. The molecule has 1 aliphatic rings. The van der Waals surface area contributed by atoms with E-state index in [9.17, 15) is 4.79 Å². The number of ether oxygens (including phenoxy) is 1. The molecule has 0 aromatic heterocycles. The molecule has 0 unspecified atom stereocenters. The quantitative estimate of drug-likeness (QED) is 0.765. The minimum absolute atomic E-state index is 0.402. The van der Waals surface area contributed by atoms with Gasteiger partial charge in [-0.3, -0.25) is 4.79 Å². The van der Waals surface area contributed by atoms with Crippen molar-refractivity contribution < 1.29 is 9.53 Å². The van der Waals surface area contributed by atoms with Crippen molar-refractivity contribution >= 4 is 27.9 Å². The predicted molar refractivity (Wildman–Crippen MR) is 52.7 cm³/mol. The summed E-state index contributed by atoms with van der Waals surface area (Å²) in [5, 5.41) is 2.94. The van der Waals surface area contributed by atoms with E-state index in [4.69, 9.17) is 4.74 Å². The van der Waals surface area contributed by atoms with Gasteiger partial charge >= 0.3 is 0 Å². The fraction of sp³-hybridized carbons (Fsp3) is 0. The van der Waals surface area contributed by atoms with Crippen LogP contribution in [0.1, 0.15) is 0 Å². The number of nitrogens with one attached hydrogen (secondary N) is 1. The second-order valence-corrected chi connectivity index (χ2v) is 3.25. The van der Waals surface area contributed by atoms with Crippen molar-refractivity contribution in [1.29, 1.82) is 0 Å². The first-order valence-electron chi connectivity index (χ1n) is 3.70. The third kappa shape index (κ3) is 1.45. The lowest BCUT2D eigenvalue weighted by molar-refractivity contribution is -0.104. The van der Waals surface area contributed by atoms with Gasteiger partial charge in [0.2, 0.25) is 0 Å². The first-order valence-corrected chi connectivity index (χ1v) is 4.49. The summed E-state index contributed by atoms with van der Waals surface area (Å²) in [5.41, 5.74) is 1.20. The number of carbonyl (C=O) groups is 1. The molecule has 66 valence electrons. The highest BCUT2D eigenvalue weighted by Gasteiger charge is 2.15. The van der Waals surface area contributed by atoms with Crippen LogP contribution in [0.5, 0.6) is 5.75 Å². The summed E-state index contributed by atoms with van der Waals surface area (Å²) >= 11 is 3.15. The monoisotopic (exact) mass is 239 g/mol. The molecular weight excluding hydrogens is 234 g/mol. The van der Waals surface area contributed by atoms with Gasteiger partial charge in [0.05, 0.1) is 5.69 Å². The van der Waals surface area contributed by atoms with Gasteiger partial charge in [-0.15, -0.1) is 0 Å². The van der Waals surface area contributed by atoms with Gasteiger partial charge in [0, 0.05) is 0 Å². The van der Waals surface area contributed by atoms with Crippen molar-refractivity contribution in [3.8, 4) is 5.75 Å². The molecule has 0 saturated carbocycles. The molecule has 1 heterocycles. The molecule has 0 spiro atoms. The molecule has 0 amide bonds.